The molecular weight excluding hydrogens is 394 g/mol. The summed E-state index contributed by atoms with van der Waals surface area (Å²) in [4.78, 5) is 25.1. The quantitative estimate of drug-likeness (QED) is 0.481. The van der Waals surface area contributed by atoms with E-state index in [9.17, 15) is 9.59 Å². The van der Waals surface area contributed by atoms with Crippen molar-refractivity contribution in [2.24, 2.45) is 0 Å². The summed E-state index contributed by atoms with van der Waals surface area (Å²) in [5.41, 5.74) is 3.80. The SMILES string of the molecule is CCc1ccc([C@@H](N[C@@H](C)C(=O)Nc2ccc(NC(C)=O)cc2)c2cccs2)cc1. The molecule has 6 heteroatoms. The van der Waals surface area contributed by atoms with E-state index in [1.54, 1.807) is 35.6 Å². The molecular formula is C24H27N3O2S. The van der Waals surface area contributed by atoms with Crippen molar-refractivity contribution >= 4 is 34.5 Å². The molecule has 0 bridgehead atoms. The normalized spacial score (nSPS) is 12.8. The Kier molecular flexibility index (Phi) is 7.38. The summed E-state index contributed by atoms with van der Waals surface area (Å²) in [5, 5.41) is 11.2. The van der Waals surface area contributed by atoms with Gasteiger partial charge in [0.25, 0.3) is 0 Å². The van der Waals surface area contributed by atoms with Crippen LogP contribution in [-0.2, 0) is 16.0 Å². The molecule has 5 nitrogen and oxygen atoms in total. The molecule has 2 amide bonds. The topological polar surface area (TPSA) is 70.2 Å². The van der Waals surface area contributed by atoms with E-state index < -0.39 is 6.04 Å². The lowest BCUT2D eigenvalue weighted by atomic mass is 10.0. The third-order valence-electron chi connectivity index (χ3n) is 4.83. The van der Waals surface area contributed by atoms with Gasteiger partial charge in [-0.3, -0.25) is 14.9 Å². The van der Waals surface area contributed by atoms with Crippen molar-refractivity contribution < 1.29 is 9.59 Å². The summed E-state index contributed by atoms with van der Waals surface area (Å²) in [5.74, 6) is -0.245. The number of carbonyl (C=O) groups is 2. The molecule has 30 heavy (non-hydrogen) atoms. The molecule has 156 valence electrons. The second kappa shape index (κ2) is 10.2. The first kappa shape index (κ1) is 21.7. The van der Waals surface area contributed by atoms with Gasteiger partial charge >= 0.3 is 0 Å². The Morgan fingerprint density at radius 3 is 2.10 bits per heavy atom. The van der Waals surface area contributed by atoms with Crippen LogP contribution < -0.4 is 16.0 Å². The first-order chi connectivity index (χ1) is 14.5. The number of thiophene rings is 1. The Hall–Kier alpha value is -2.96. The van der Waals surface area contributed by atoms with Crippen LogP contribution in [0.3, 0.4) is 0 Å². The molecule has 0 spiro atoms. The molecule has 3 rings (SSSR count). The van der Waals surface area contributed by atoms with Crippen molar-refractivity contribution in [3.8, 4) is 0 Å². The van der Waals surface area contributed by atoms with Gasteiger partial charge in [-0.05, 0) is 60.2 Å². The van der Waals surface area contributed by atoms with Crippen molar-refractivity contribution in [2.45, 2.75) is 39.3 Å². The molecule has 0 radical (unpaired) electrons. The van der Waals surface area contributed by atoms with Gasteiger partial charge in [-0.15, -0.1) is 11.3 Å². The van der Waals surface area contributed by atoms with Crippen LogP contribution in [0, 0.1) is 0 Å². The van der Waals surface area contributed by atoms with Gasteiger partial charge in [-0.1, -0.05) is 37.3 Å². The van der Waals surface area contributed by atoms with Crippen LogP contribution in [0.1, 0.15) is 42.8 Å². The first-order valence-corrected chi connectivity index (χ1v) is 10.9. The molecule has 0 fully saturated rings. The highest BCUT2D eigenvalue weighted by Crippen LogP contribution is 2.27. The monoisotopic (exact) mass is 421 g/mol. The highest BCUT2D eigenvalue weighted by atomic mass is 32.1. The second-order valence-corrected chi connectivity index (χ2v) is 8.16. The smallest absolute Gasteiger partial charge is 0.241 e. The van der Waals surface area contributed by atoms with Crippen LogP contribution in [0.4, 0.5) is 11.4 Å². The number of anilines is 2. The van der Waals surface area contributed by atoms with Gasteiger partial charge in [0.1, 0.15) is 0 Å². The van der Waals surface area contributed by atoms with E-state index in [0.29, 0.717) is 11.4 Å². The Morgan fingerprint density at radius 1 is 0.933 bits per heavy atom. The molecule has 0 saturated heterocycles. The number of carbonyl (C=O) groups excluding carboxylic acids is 2. The minimum absolute atomic E-state index is 0.0567. The van der Waals surface area contributed by atoms with E-state index in [4.69, 9.17) is 0 Å². The minimum atomic E-state index is -0.405. The van der Waals surface area contributed by atoms with E-state index >= 15 is 0 Å². The summed E-state index contributed by atoms with van der Waals surface area (Å²) in [6.07, 6.45) is 0.997. The molecule has 0 saturated carbocycles. The highest BCUT2D eigenvalue weighted by molar-refractivity contribution is 7.10. The zero-order valence-electron chi connectivity index (χ0n) is 17.4. The molecule has 2 aromatic carbocycles. The van der Waals surface area contributed by atoms with E-state index in [0.717, 1.165) is 12.0 Å². The molecule has 0 aliphatic carbocycles. The number of hydrogen-bond acceptors (Lipinski definition) is 4. The third-order valence-corrected chi connectivity index (χ3v) is 5.77. The van der Waals surface area contributed by atoms with Gasteiger partial charge in [-0.25, -0.2) is 0 Å². The zero-order valence-corrected chi connectivity index (χ0v) is 18.3. The maximum Gasteiger partial charge on any atom is 0.241 e. The summed E-state index contributed by atoms with van der Waals surface area (Å²) < 4.78 is 0. The fraction of sp³-hybridized carbons (Fsp3) is 0.250. The van der Waals surface area contributed by atoms with Crippen LogP contribution in [0.25, 0.3) is 0 Å². The fourth-order valence-corrected chi connectivity index (χ4v) is 3.97. The summed E-state index contributed by atoms with van der Waals surface area (Å²) >= 11 is 1.67. The lowest BCUT2D eigenvalue weighted by Gasteiger charge is -2.23. The lowest BCUT2D eigenvalue weighted by molar-refractivity contribution is -0.118. The van der Waals surface area contributed by atoms with Crippen LogP contribution in [0.15, 0.2) is 66.0 Å². The van der Waals surface area contributed by atoms with Gasteiger partial charge in [0.05, 0.1) is 12.1 Å². The molecule has 0 aliphatic rings. The first-order valence-electron chi connectivity index (χ1n) is 10.0. The average Bonchev–Trinajstić information content (AvgIpc) is 3.27. The Morgan fingerprint density at radius 2 is 1.57 bits per heavy atom. The van der Waals surface area contributed by atoms with Crippen molar-refractivity contribution in [1.82, 2.24) is 5.32 Å². The summed E-state index contributed by atoms with van der Waals surface area (Å²) in [6.45, 7) is 5.46. The molecule has 2 atom stereocenters. The maximum atomic E-state index is 12.8. The van der Waals surface area contributed by atoms with Crippen LogP contribution in [-0.4, -0.2) is 17.9 Å². The summed E-state index contributed by atoms with van der Waals surface area (Å²) in [7, 11) is 0. The number of hydrogen-bond donors (Lipinski definition) is 3. The standard InChI is InChI=1S/C24H27N3O2S/c1-4-18-7-9-19(10-8-18)23(22-6-5-15-30-22)25-16(2)24(29)27-21-13-11-20(12-14-21)26-17(3)28/h5-16,23,25H,4H2,1-3H3,(H,26,28)(H,27,29)/t16-,23+/m0/s1. The van der Waals surface area contributed by atoms with Gasteiger partial charge in [0.2, 0.25) is 11.8 Å². The van der Waals surface area contributed by atoms with E-state index in [1.807, 2.05) is 18.4 Å². The molecule has 3 N–H and O–H groups in total. The molecule has 1 aromatic heterocycles. The largest absolute Gasteiger partial charge is 0.326 e. The van der Waals surface area contributed by atoms with Gasteiger partial charge in [0, 0.05) is 23.2 Å². The third kappa shape index (κ3) is 5.78. The van der Waals surface area contributed by atoms with Crippen LogP contribution >= 0.6 is 11.3 Å². The Balaban J connectivity index is 1.69. The van der Waals surface area contributed by atoms with E-state index in [2.05, 4.69) is 53.2 Å². The molecule has 1 heterocycles. The minimum Gasteiger partial charge on any atom is -0.326 e. The molecule has 0 unspecified atom stereocenters. The van der Waals surface area contributed by atoms with Gasteiger partial charge in [0.15, 0.2) is 0 Å². The van der Waals surface area contributed by atoms with Crippen molar-refractivity contribution in [2.75, 3.05) is 10.6 Å². The predicted octanol–water partition coefficient (Wildman–Crippen LogP) is 4.98. The molecule has 0 aliphatic heterocycles. The number of amides is 2. The molecule has 3 aromatic rings. The second-order valence-electron chi connectivity index (χ2n) is 7.18. The van der Waals surface area contributed by atoms with Crippen LogP contribution in [0.2, 0.25) is 0 Å². The number of nitrogens with one attached hydrogen (secondary N) is 3. The van der Waals surface area contributed by atoms with Crippen molar-refractivity contribution in [3.05, 3.63) is 82.0 Å². The predicted molar refractivity (Wildman–Crippen MR) is 124 cm³/mol. The number of aryl methyl sites for hydroxylation is 1. The Labute approximate surface area is 181 Å². The zero-order chi connectivity index (χ0) is 21.5. The van der Waals surface area contributed by atoms with E-state index in [-0.39, 0.29) is 17.9 Å². The summed E-state index contributed by atoms with van der Waals surface area (Å²) in [6, 6.07) is 19.2. The highest BCUT2D eigenvalue weighted by Gasteiger charge is 2.21. The van der Waals surface area contributed by atoms with Crippen molar-refractivity contribution in [1.29, 1.82) is 0 Å². The fourth-order valence-electron chi connectivity index (χ4n) is 3.16. The van der Waals surface area contributed by atoms with Gasteiger partial charge in [-0.2, -0.15) is 0 Å². The van der Waals surface area contributed by atoms with Gasteiger partial charge < -0.3 is 10.6 Å². The average molecular weight is 422 g/mol. The Bertz CT molecular complexity index is 967. The van der Waals surface area contributed by atoms with Crippen LogP contribution in [0.5, 0.6) is 0 Å². The van der Waals surface area contributed by atoms with Crippen molar-refractivity contribution in [3.63, 3.8) is 0 Å². The van der Waals surface area contributed by atoms with E-state index in [1.165, 1.54) is 17.4 Å². The number of rotatable bonds is 8. The lowest BCUT2D eigenvalue weighted by Crippen LogP contribution is -2.40. The maximum absolute atomic E-state index is 12.8. The number of benzene rings is 2.